The van der Waals surface area contributed by atoms with Crippen LogP contribution in [0.3, 0.4) is 0 Å². The third-order valence-electron chi connectivity index (χ3n) is 4.82. The van der Waals surface area contributed by atoms with E-state index in [1.54, 1.807) is 7.11 Å². The molecule has 11 heteroatoms. The standard InChI is InChI=1S/C21H33N3O8/c1-27-17-15(12-29-10-6-9-24-21(22)23)32-20(31-13-16(25)26)19(28-2)18(17)30-11-14-7-4-3-5-8-14/h3-5,7-8,15,17-20H,6,9-13H2,1-2H3,(H,25,26)(H4,22,23,24)/t15-,17-,18+,19-,20-/m1/s1. The van der Waals surface area contributed by atoms with Gasteiger partial charge in [-0.15, -0.1) is 0 Å². The highest BCUT2D eigenvalue weighted by Crippen LogP contribution is 2.29. The molecular weight excluding hydrogens is 422 g/mol. The summed E-state index contributed by atoms with van der Waals surface area (Å²) in [4.78, 5) is 14.9. The summed E-state index contributed by atoms with van der Waals surface area (Å²) in [6.45, 7) is 0.787. The molecule has 0 saturated carbocycles. The van der Waals surface area contributed by atoms with Crippen LogP contribution in [-0.2, 0) is 39.8 Å². The number of aliphatic imine (C=N–C) groups is 1. The van der Waals surface area contributed by atoms with Crippen molar-refractivity contribution in [3.8, 4) is 0 Å². The van der Waals surface area contributed by atoms with E-state index in [9.17, 15) is 4.79 Å². The van der Waals surface area contributed by atoms with Gasteiger partial charge in [0.1, 0.15) is 31.0 Å². The average molecular weight is 456 g/mol. The van der Waals surface area contributed by atoms with E-state index in [0.29, 0.717) is 26.2 Å². The summed E-state index contributed by atoms with van der Waals surface area (Å²) < 4.78 is 34.5. The summed E-state index contributed by atoms with van der Waals surface area (Å²) in [5, 5.41) is 9.02. The maximum absolute atomic E-state index is 11.0. The SMILES string of the molecule is CO[C@H]1[C@H](OCC(=O)O)O[C@H](COCCCN=C(N)N)[C@@H](OC)[C@@H]1OCc1ccccc1. The van der Waals surface area contributed by atoms with E-state index < -0.39 is 43.3 Å². The number of carbonyl (C=O) groups is 1. The molecule has 0 aliphatic carbocycles. The highest BCUT2D eigenvalue weighted by Gasteiger charge is 2.48. The number of carboxylic acid groups (broad SMARTS) is 1. The normalized spacial score (nSPS) is 25.4. The topological polar surface area (TPSA) is 157 Å². The minimum Gasteiger partial charge on any atom is -0.480 e. The van der Waals surface area contributed by atoms with E-state index in [4.69, 9.17) is 45.0 Å². The number of nitrogens with zero attached hydrogens (tertiary/aromatic N) is 1. The van der Waals surface area contributed by atoms with Gasteiger partial charge in [0.05, 0.1) is 13.2 Å². The fraction of sp³-hybridized carbons (Fsp3) is 0.619. The molecule has 1 aliphatic heterocycles. The second-order valence-corrected chi connectivity index (χ2v) is 7.14. The lowest BCUT2D eigenvalue weighted by molar-refractivity contribution is -0.317. The van der Waals surface area contributed by atoms with Crippen molar-refractivity contribution in [2.75, 3.05) is 40.6 Å². The van der Waals surface area contributed by atoms with Crippen LogP contribution >= 0.6 is 0 Å². The zero-order valence-electron chi connectivity index (χ0n) is 18.4. The quantitative estimate of drug-likeness (QED) is 0.200. The summed E-state index contributed by atoms with van der Waals surface area (Å²) >= 11 is 0. The molecule has 180 valence electrons. The van der Waals surface area contributed by atoms with E-state index in [2.05, 4.69) is 4.99 Å². The molecule has 11 nitrogen and oxygen atoms in total. The monoisotopic (exact) mass is 455 g/mol. The number of ether oxygens (including phenoxy) is 6. The van der Waals surface area contributed by atoms with Gasteiger partial charge >= 0.3 is 5.97 Å². The molecule has 1 aliphatic rings. The molecule has 1 fully saturated rings. The van der Waals surface area contributed by atoms with Crippen molar-refractivity contribution in [3.05, 3.63) is 35.9 Å². The van der Waals surface area contributed by atoms with Gasteiger partial charge in [-0.25, -0.2) is 4.79 Å². The van der Waals surface area contributed by atoms with Crippen LogP contribution in [-0.4, -0.2) is 88.3 Å². The molecule has 0 aromatic heterocycles. The maximum atomic E-state index is 11.0. The first-order chi connectivity index (χ1) is 15.5. The van der Waals surface area contributed by atoms with Gasteiger partial charge in [-0.1, -0.05) is 30.3 Å². The van der Waals surface area contributed by atoms with Crippen LogP contribution in [0.2, 0.25) is 0 Å². The number of hydrogen-bond acceptors (Lipinski definition) is 8. The molecule has 1 aromatic carbocycles. The fourth-order valence-corrected chi connectivity index (χ4v) is 3.36. The van der Waals surface area contributed by atoms with E-state index in [1.807, 2.05) is 30.3 Å². The van der Waals surface area contributed by atoms with Gasteiger partial charge in [-0.2, -0.15) is 0 Å². The summed E-state index contributed by atoms with van der Waals surface area (Å²) in [6, 6.07) is 9.64. The summed E-state index contributed by atoms with van der Waals surface area (Å²) in [7, 11) is 3.03. The van der Waals surface area contributed by atoms with Crippen molar-refractivity contribution >= 4 is 11.9 Å². The van der Waals surface area contributed by atoms with E-state index in [1.165, 1.54) is 7.11 Å². The predicted molar refractivity (Wildman–Crippen MR) is 115 cm³/mol. The Labute approximate surface area is 187 Å². The van der Waals surface area contributed by atoms with Gasteiger partial charge in [-0.05, 0) is 12.0 Å². The Bertz CT molecular complexity index is 702. The van der Waals surface area contributed by atoms with Crippen LogP contribution in [0.25, 0.3) is 0 Å². The van der Waals surface area contributed by atoms with Gasteiger partial charge in [-0.3, -0.25) is 4.99 Å². The highest BCUT2D eigenvalue weighted by molar-refractivity contribution is 5.75. The largest absolute Gasteiger partial charge is 0.480 e. The molecule has 32 heavy (non-hydrogen) atoms. The minimum atomic E-state index is -1.12. The molecule has 0 amide bonds. The van der Waals surface area contributed by atoms with E-state index in [0.717, 1.165) is 5.56 Å². The van der Waals surface area contributed by atoms with Gasteiger partial charge in [0.2, 0.25) is 0 Å². The zero-order chi connectivity index (χ0) is 23.3. The number of carboxylic acids is 1. The van der Waals surface area contributed by atoms with Crippen molar-refractivity contribution in [2.24, 2.45) is 16.5 Å². The molecule has 5 N–H and O–H groups in total. The second-order valence-electron chi connectivity index (χ2n) is 7.14. The first-order valence-corrected chi connectivity index (χ1v) is 10.3. The Morgan fingerprint density at radius 2 is 1.81 bits per heavy atom. The van der Waals surface area contributed by atoms with Gasteiger partial charge in [0.25, 0.3) is 0 Å². The summed E-state index contributed by atoms with van der Waals surface area (Å²) in [5.41, 5.74) is 11.6. The van der Waals surface area contributed by atoms with Crippen molar-refractivity contribution in [1.82, 2.24) is 0 Å². The molecule has 1 heterocycles. The van der Waals surface area contributed by atoms with Crippen molar-refractivity contribution < 1.29 is 38.3 Å². The predicted octanol–water partition coefficient (Wildman–Crippen LogP) is 0.108. The fourth-order valence-electron chi connectivity index (χ4n) is 3.36. The zero-order valence-corrected chi connectivity index (χ0v) is 18.4. The summed E-state index contributed by atoms with van der Waals surface area (Å²) in [5.74, 6) is -1.09. The van der Waals surface area contributed by atoms with E-state index in [-0.39, 0.29) is 12.6 Å². The number of methoxy groups -OCH3 is 2. The average Bonchev–Trinajstić information content (AvgIpc) is 2.78. The Morgan fingerprint density at radius 3 is 2.44 bits per heavy atom. The lowest BCUT2D eigenvalue weighted by atomic mass is 9.98. The van der Waals surface area contributed by atoms with Crippen LogP contribution < -0.4 is 11.5 Å². The van der Waals surface area contributed by atoms with Crippen LogP contribution in [0.15, 0.2) is 35.3 Å². The number of guanidine groups is 1. The lowest BCUT2D eigenvalue weighted by Crippen LogP contribution is -2.61. The third kappa shape index (κ3) is 8.34. The Balaban J connectivity index is 2.07. The number of rotatable bonds is 14. The molecule has 2 rings (SSSR count). The van der Waals surface area contributed by atoms with Crippen LogP contribution in [0.4, 0.5) is 0 Å². The van der Waals surface area contributed by atoms with Crippen LogP contribution in [0, 0.1) is 0 Å². The molecular formula is C21H33N3O8. The molecule has 0 spiro atoms. The second kappa shape index (κ2) is 14.0. The van der Waals surface area contributed by atoms with Crippen molar-refractivity contribution in [1.29, 1.82) is 0 Å². The van der Waals surface area contributed by atoms with Crippen molar-refractivity contribution in [3.63, 3.8) is 0 Å². The van der Waals surface area contributed by atoms with Crippen molar-refractivity contribution in [2.45, 2.75) is 43.7 Å². The first kappa shape index (κ1) is 26.0. The molecule has 0 radical (unpaired) electrons. The number of aliphatic carboxylic acids is 1. The molecule has 1 saturated heterocycles. The minimum absolute atomic E-state index is 0.0301. The number of nitrogens with two attached hydrogens (primary N) is 2. The Kier molecular flexibility index (Phi) is 11.4. The number of hydrogen-bond donors (Lipinski definition) is 3. The van der Waals surface area contributed by atoms with Crippen LogP contribution in [0.1, 0.15) is 12.0 Å². The van der Waals surface area contributed by atoms with Gasteiger partial charge < -0.3 is 45.0 Å². The maximum Gasteiger partial charge on any atom is 0.329 e. The Morgan fingerprint density at radius 1 is 1.09 bits per heavy atom. The molecule has 0 bridgehead atoms. The lowest BCUT2D eigenvalue weighted by Gasteiger charge is -2.44. The molecule has 5 atom stereocenters. The highest BCUT2D eigenvalue weighted by atomic mass is 16.7. The first-order valence-electron chi connectivity index (χ1n) is 10.3. The molecule has 1 aromatic rings. The smallest absolute Gasteiger partial charge is 0.329 e. The third-order valence-corrected chi connectivity index (χ3v) is 4.82. The van der Waals surface area contributed by atoms with Crippen LogP contribution in [0.5, 0.6) is 0 Å². The Hall–Kier alpha value is -2.28. The van der Waals surface area contributed by atoms with Gasteiger partial charge in [0, 0.05) is 27.4 Å². The number of benzene rings is 1. The van der Waals surface area contributed by atoms with E-state index >= 15 is 0 Å². The molecule has 0 unspecified atom stereocenters. The summed E-state index contributed by atoms with van der Waals surface area (Å²) in [6.07, 6.45) is -2.76. The van der Waals surface area contributed by atoms with Gasteiger partial charge in [0.15, 0.2) is 12.2 Å².